The minimum absolute atomic E-state index is 0.0760. The minimum atomic E-state index is -4.47. The molecule has 0 spiro atoms. The number of nitrogens with two attached hydrogens (primary N) is 1. The SMILES string of the molecule is COc1cccc(OC(CN)C(F)(F)F)c1. The number of alkyl halides is 3. The second-order valence-electron chi connectivity index (χ2n) is 3.06. The van der Waals surface area contributed by atoms with E-state index in [9.17, 15) is 13.2 Å². The van der Waals surface area contributed by atoms with Gasteiger partial charge in [0.15, 0.2) is 0 Å². The van der Waals surface area contributed by atoms with Gasteiger partial charge in [0.05, 0.1) is 7.11 Å². The standard InChI is InChI=1S/C10H12F3NO2/c1-15-7-3-2-4-8(5-7)16-9(6-14)10(11,12)13/h2-5,9H,6,14H2,1H3. The lowest BCUT2D eigenvalue weighted by Crippen LogP contribution is -2.40. The average molecular weight is 235 g/mol. The highest BCUT2D eigenvalue weighted by Gasteiger charge is 2.40. The van der Waals surface area contributed by atoms with Crippen molar-refractivity contribution >= 4 is 0 Å². The summed E-state index contributed by atoms with van der Waals surface area (Å²) in [6.45, 7) is -0.624. The monoisotopic (exact) mass is 235 g/mol. The molecular formula is C10H12F3NO2. The number of rotatable bonds is 4. The summed E-state index contributed by atoms with van der Waals surface area (Å²) >= 11 is 0. The van der Waals surface area contributed by atoms with Crippen molar-refractivity contribution in [1.82, 2.24) is 0 Å². The van der Waals surface area contributed by atoms with Gasteiger partial charge in [-0.15, -0.1) is 0 Å². The van der Waals surface area contributed by atoms with Crippen LogP contribution in [0, 0.1) is 0 Å². The van der Waals surface area contributed by atoms with Crippen LogP contribution in [0.4, 0.5) is 13.2 Å². The number of hydrogen-bond donors (Lipinski definition) is 1. The van der Waals surface area contributed by atoms with Gasteiger partial charge in [0, 0.05) is 12.6 Å². The molecule has 0 saturated carbocycles. The van der Waals surface area contributed by atoms with Gasteiger partial charge in [0.2, 0.25) is 6.10 Å². The zero-order valence-electron chi connectivity index (χ0n) is 8.62. The van der Waals surface area contributed by atoms with Crippen molar-refractivity contribution < 1.29 is 22.6 Å². The number of halogens is 3. The maximum Gasteiger partial charge on any atom is 0.426 e. The number of ether oxygens (including phenoxy) is 2. The van der Waals surface area contributed by atoms with Gasteiger partial charge < -0.3 is 15.2 Å². The molecule has 0 saturated heterocycles. The predicted molar refractivity (Wildman–Crippen MR) is 52.5 cm³/mol. The van der Waals surface area contributed by atoms with E-state index < -0.39 is 18.8 Å². The van der Waals surface area contributed by atoms with E-state index in [4.69, 9.17) is 15.2 Å². The van der Waals surface area contributed by atoms with Crippen LogP contribution in [0.5, 0.6) is 11.5 Å². The van der Waals surface area contributed by atoms with Crippen LogP contribution < -0.4 is 15.2 Å². The second kappa shape index (κ2) is 5.07. The molecule has 0 aliphatic rings. The van der Waals surface area contributed by atoms with E-state index in [0.29, 0.717) is 5.75 Å². The molecule has 16 heavy (non-hydrogen) atoms. The quantitative estimate of drug-likeness (QED) is 0.867. The van der Waals surface area contributed by atoms with E-state index in [0.717, 1.165) is 0 Å². The van der Waals surface area contributed by atoms with Crippen molar-refractivity contribution in [3.63, 3.8) is 0 Å². The summed E-state index contributed by atoms with van der Waals surface area (Å²) in [5.74, 6) is 0.502. The highest BCUT2D eigenvalue weighted by molar-refractivity contribution is 5.33. The lowest BCUT2D eigenvalue weighted by molar-refractivity contribution is -0.191. The van der Waals surface area contributed by atoms with Crippen LogP contribution in [0.15, 0.2) is 24.3 Å². The zero-order valence-corrected chi connectivity index (χ0v) is 8.62. The van der Waals surface area contributed by atoms with Crippen molar-refractivity contribution in [1.29, 1.82) is 0 Å². The first-order valence-electron chi connectivity index (χ1n) is 4.55. The van der Waals surface area contributed by atoms with Crippen LogP contribution in [-0.4, -0.2) is 25.9 Å². The van der Waals surface area contributed by atoms with Gasteiger partial charge in [-0.3, -0.25) is 0 Å². The highest BCUT2D eigenvalue weighted by Crippen LogP contribution is 2.26. The smallest absolute Gasteiger partial charge is 0.426 e. The summed E-state index contributed by atoms with van der Waals surface area (Å²) in [6, 6.07) is 5.93. The van der Waals surface area contributed by atoms with Crippen molar-refractivity contribution in [3.8, 4) is 11.5 Å². The molecule has 0 amide bonds. The van der Waals surface area contributed by atoms with Gasteiger partial charge in [0.25, 0.3) is 0 Å². The molecular weight excluding hydrogens is 223 g/mol. The fourth-order valence-electron chi connectivity index (χ4n) is 1.09. The Bertz CT molecular complexity index is 341. The van der Waals surface area contributed by atoms with Crippen molar-refractivity contribution in [2.45, 2.75) is 12.3 Å². The molecule has 90 valence electrons. The molecule has 0 bridgehead atoms. The Labute approximate surface area is 91.0 Å². The first-order chi connectivity index (χ1) is 7.47. The van der Waals surface area contributed by atoms with Gasteiger partial charge in [-0.1, -0.05) is 6.07 Å². The van der Waals surface area contributed by atoms with E-state index in [2.05, 4.69) is 0 Å². The Morgan fingerprint density at radius 2 is 1.94 bits per heavy atom. The Hall–Kier alpha value is -1.43. The Kier molecular flexibility index (Phi) is 4.00. The van der Waals surface area contributed by atoms with E-state index >= 15 is 0 Å². The van der Waals surface area contributed by atoms with E-state index in [1.54, 1.807) is 6.07 Å². The van der Waals surface area contributed by atoms with Crippen molar-refractivity contribution in [2.75, 3.05) is 13.7 Å². The third kappa shape index (κ3) is 3.30. The molecule has 0 radical (unpaired) electrons. The Morgan fingerprint density at radius 3 is 2.44 bits per heavy atom. The van der Waals surface area contributed by atoms with Crippen LogP contribution in [0.1, 0.15) is 0 Å². The van der Waals surface area contributed by atoms with Gasteiger partial charge in [-0.2, -0.15) is 13.2 Å². The first kappa shape index (κ1) is 12.6. The van der Waals surface area contributed by atoms with Crippen LogP contribution in [0.3, 0.4) is 0 Å². The summed E-state index contributed by atoms with van der Waals surface area (Å²) < 4.78 is 46.7. The largest absolute Gasteiger partial charge is 0.497 e. The fraction of sp³-hybridized carbons (Fsp3) is 0.400. The average Bonchev–Trinajstić information content (AvgIpc) is 2.24. The fourth-order valence-corrected chi connectivity index (χ4v) is 1.09. The van der Waals surface area contributed by atoms with Crippen LogP contribution >= 0.6 is 0 Å². The molecule has 1 unspecified atom stereocenters. The molecule has 0 aliphatic carbocycles. The van der Waals surface area contributed by atoms with E-state index in [-0.39, 0.29) is 5.75 Å². The summed E-state index contributed by atoms with van der Waals surface area (Å²) in [6.07, 6.45) is -6.47. The lowest BCUT2D eigenvalue weighted by atomic mass is 10.3. The predicted octanol–water partition coefficient (Wildman–Crippen LogP) is 1.96. The molecule has 3 nitrogen and oxygen atoms in total. The van der Waals surface area contributed by atoms with Crippen LogP contribution in [0.2, 0.25) is 0 Å². The molecule has 1 aromatic carbocycles. The summed E-state index contributed by atoms with van der Waals surface area (Å²) in [4.78, 5) is 0. The number of hydrogen-bond acceptors (Lipinski definition) is 3. The molecule has 0 fully saturated rings. The van der Waals surface area contributed by atoms with Crippen molar-refractivity contribution in [2.24, 2.45) is 5.73 Å². The summed E-state index contributed by atoms with van der Waals surface area (Å²) in [5.41, 5.74) is 5.00. The zero-order chi connectivity index (χ0) is 12.2. The van der Waals surface area contributed by atoms with Gasteiger partial charge in [0.1, 0.15) is 11.5 Å². The molecule has 0 heterocycles. The highest BCUT2D eigenvalue weighted by atomic mass is 19.4. The minimum Gasteiger partial charge on any atom is -0.497 e. The first-order valence-corrected chi connectivity index (χ1v) is 4.55. The van der Waals surface area contributed by atoms with Gasteiger partial charge in [-0.05, 0) is 12.1 Å². The molecule has 1 rings (SSSR count). The lowest BCUT2D eigenvalue weighted by Gasteiger charge is -2.20. The molecule has 0 aliphatic heterocycles. The third-order valence-electron chi connectivity index (χ3n) is 1.90. The molecule has 0 aromatic heterocycles. The summed E-state index contributed by atoms with van der Waals surface area (Å²) in [5, 5.41) is 0. The van der Waals surface area contributed by atoms with Gasteiger partial charge >= 0.3 is 6.18 Å². The van der Waals surface area contributed by atoms with Gasteiger partial charge in [-0.25, -0.2) is 0 Å². The van der Waals surface area contributed by atoms with E-state index in [1.807, 2.05) is 0 Å². The Morgan fingerprint density at radius 1 is 1.31 bits per heavy atom. The number of benzene rings is 1. The second-order valence-corrected chi connectivity index (χ2v) is 3.06. The van der Waals surface area contributed by atoms with Crippen molar-refractivity contribution in [3.05, 3.63) is 24.3 Å². The van der Waals surface area contributed by atoms with Crippen LogP contribution in [-0.2, 0) is 0 Å². The molecule has 1 atom stereocenters. The topological polar surface area (TPSA) is 44.5 Å². The Balaban J connectivity index is 2.78. The maximum atomic E-state index is 12.4. The molecule has 6 heteroatoms. The molecule has 1 aromatic rings. The molecule has 2 N–H and O–H groups in total. The summed E-state index contributed by atoms with van der Waals surface area (Å²) in [7, 11) is 1.42. The van der Waals surface area contributed by atoms with Crippen LogP contribution in [0.25, 0.3) is 0 Å². The normalized spacial score (nSPS) is 13.3. The number of methoxy groups -OCH3 is 1. The third-order valence-corrected chi connectivity index (χ3v) is 1.90. The van der Waals surface area contributed by atoms with E-state index in [1.165, 1.54) is 25.3 Å². The maximum absolute atomic E-state index is 12.4.